The number of hydrogen-bond acceptors (Lipinski definition) is 2. The Morgan fingerprint density at radius 3 is 2.67 bits per heavy atom. The van der Waals surface area contributed by atoms with Crippen LogP contribution in [0.3, 0.4) is 0 Å². The Bertz CT molecular complexity index is 233. The van der Waals surface area contributed by atoms with Crippen molar-refractivity contribution in [3.05, 3.63) is 11.6 Å². The molecule has 0 aliphatic rings. The van der Waals surface area contributed by atoms with Crippen molar-refractivity contribution >= 4 is 0 Å². The van der Waals surface area contributed by atoms with Crippen LogP contribution in [0.2, 0.25) is 0 Å². The van der Waals surface area contributed by atoms with Crippen molar-refractivity contribution in [3.63, 3.8) is 0 Å². The molecule has 1 unspecified atom stereocenters. The highest BCUT2D eigenvalue weighted by atomic mass is 16.3. The topological polar surface area (TPSA) is 40.5 Å². The average Bonchev–Trinajstić information content (AvgIpc) is 2.22. The molecule has 0 fully saturated rings. The minimum Gasteiger partial charge on any atom is -0.392 e. The summed E-state index contributed by atoms with van der Waals surface area (Å²) in [6.45, 7) is 4.00. The van der Waals surface area contributed by atoms with E-state index in [0.717, 1.165) is 18.4 Å². The van der Waals surface area contributed by atoms with Gasteiger partial charge in [-0.25, -0.2) is 0 Å². The molecule has 86 valence electrons. The summed E-state index contributed by atoms with van der Waals surface area (Å²) in [4.78, 5) is 0. The van der Waals surface area contributed by atoms with Gasteiger partial charge in [-0.2, -0.15) is 0 Å². The van der Waals surface area contributed by atoms with Crippen LogP contribution < -0.4 is 0 Å². The monoisotopic (exact) mass is 210 g/mol. The molecule has 0 aliphatic heterocycles. The van der Waals surface area contributed by atoms with Crippen molar-refractivity contribution in [1.29, 1.82) is 0 Å². The molecular weight excluding hydrogens is 188 g/mol. The molecule has 0 heterocycles. The van der Waals surface area contributed by atoms with E-state index in [0.29, 0.717) is 0 Å². The van der Waals surface area contributed by atoms with E-state index in [1.807, 2.05) is 6.92 Å². The summed E-state index contributed by atoms with van der Waals surface area (Å²) in [5.41, 5.74) is 0.810. The molecule has 1 atom stereocenters. The molecule has 0 spiro atoms. The summed E-state index contributed by atoms with van der Waals surface area (Å²) >= 11 is 0. The SMILES string of the molecule is CCCCCCC(O)C#C/C(C)=C\CO. The third-order valence-electron chi connectivity index (χ3n) is 2.16. The second kappa shape index (κ2) is 9.76. The second-order valence-corrected chi connectivity index (χ2v) is 3.70. The number of rotatable bonds is 6. The van der Waals surface area contributed by atoms with E-state index in [9.17, 15) is 5.11 Å². The Balaban J connectivity index is 3.72. The molecule has 0 amide bonds. The van der Waals surface area contributed by atoms with Crippen LogP contribution in [0.15, 0.2) is 11.6 Å². The largest absolute Gasteiger partial charge is 0.392 e. The fourth-order valence-corrected chi connectivity index (χ4v) is 1.22. The molecule has 0 radical (unpaired) electrons. The maximum atomic E-state index is 9.50. The molecule has 0 aromatic heterocycles. The van der Waals surface area contributed by atoms with Crippen LogP contribution in [0.4, 0.5) is 0 Å². The van der Waals surface area contributed by atoms with Gasteiger partial charge in [-0.05, 0) is 31.4 Å². The fourth-order valence-electron chi connectivity index (χ4n) is 1.22. The summed E-state index contributed by atoms with van der Waals surface area (Å²) in [6, 6.07) is 0. The molecule has 0 aromatic rings. The van der Waals surface area contributed by atoms with Gasteiger partial charge in [0.05, 0.1) is 6.61 Å². The Hall–Kier alpha value is -0.780. The zero-order valence-corrected chi connectivity index (χ0v) is 9.79. The molecule has 2 nitrogen and oxygen atoms in total. The van der Waals surface area contributed by atoms with Gasteiger partial charge in [-0.15, -0.1) is 0 Å². The number of hydrogen-bond donors (Lipinski definition) is 2. The number of unbranched alkanes of at least 4 members (excludes halogenated alkanes) is 3. The van der Waals surface area contributed by atoms with Gasteiger partial charge < -0.3 is 10.2 Å². The van der Waals surface area contributed by atoms with Gasteiger partial charge >= 0.3 is 0 Å². The van der Waals surface area contributed by atoms with E-state index >= 15 is 0 Å². The minimum atomic E-state index is -0.524. The molecule has 2 N–H and O–H groups in total. The molecule has 0 saturated heterocycles. The third kappa shape index (κ3) is 9.52. The van der Waals surface area contributed by atoms with E-state index in [4.69, 9.17) is 5.11 Å². The normalized spacial score (nSPS) is 13.2. The quantitative estimate of drug-likeness (QED) is 0.521. The van der Waals surface area contributed by atoms with Crippen LogP contribution in [0.1, 0.15) is 46.0 Å². The van der Waals surface area contributed by atoms with Crippen molar-refractivity contribution < 1.29 is 10.2 Å². The lowest BCUT2D eigenvalue weighted by atomic mass is 10.1. The van der Waals surface area contributed by atoms with Gasteiger partial charge in [-0.3, -0.25) is 0 Å². The highest BCUT2D eigenvalue weighted by molar-refractivity contribution is 5.27. The van der Waals surface area contributed by atoms with Crippen LogP contribution >= 0.6 is 0 Å². The average molecular weight is 210 g/mol. The maximum absolute atomic E-state index is 9.50. The van der Waals surface area contributed by atoms with E-state index in [-0.39, 0.29) is 6.61 Å². The summed E-state index contributed by atoms with van der Waals surface area (Å²) in [5, 5.41) is 18.1. The number of aliphatic hydroxyl groups excluding tert-OH is 2. The Morgan fingerprint density at radius 2 is 2.07 bits per heavy atom. The lowest BCUT2D eigenvalue weighted by Crippen LogP contribution is -2.02. The predicted octanol–water partition coefficient (Wildman–Crippen LogP) is 2.26. The fraction of sp³-hybridized carbons (Fsp3) is 0.692. The van der Waals surface area contributed by atoms with Crippen LogP contribution in [-0.2, 0) is 0 Å². The molecule has 0 bridgehead atoms. The van der Waals surface area contributed by atoms with Crippen LogP contribution in [0.5, 0.6) is 0 Å². The number of aliphatic hydroxyl groups is 2. The van der Waals surface area contributed by atoms with Crippen LogP contribution in [0.25, 0.3) is 0 Å². The zero-order valence-electron chi connectivity index (χ0n) is 9.79. The molecule has 0 aliphatic carbocycles. The van der Waals surface area contributed by atoms with Gasteiger partial charge in [0.25, 0.3) is 0 Å². The number of allylic oxidation sites excluding steroid dienone is 1. The third-order valence-corrected chi connectivity index (χ3v) is 2.16. The van der Waals surface area contributed by atoms with E-state index in [1.165, 1.54) is 19.3 Å². The van der Waals surface area contributed by atoms with Crippen molar-refractivity contribution in [1.82, 2.24) is 0 Å². The van der Waals surface area contributed by atoms with Crippen molar-refractivity contribution in [2.24, 2.45) is 0 Å². The molecule has 2 heteroatoms. The van der Waals surface area contributed by atoms with Crippen molar-refractivity contribution in [3.8, 4) is 11.8 Å². The smallest absolute Gasteiger partial charge is 0.115 e. The first-order chi connectivity index (χ1) is 7.20. The summed E-state index contributed by atoms with van der Waals surface area (Å²) in [6.07, 6.45) is 6.50. The molecule has 0 aromatic carbocycles. The Kier molecular flexibility index (Phi) is 9.26. The van der Waals surface area contributed by atoms with Gasteiger partial charge in [0, 0.05) is 0 Å². The first-order valence-electron chi connectivity index (χ1n) is 5.68. The molecular formula is C13H22O2. The van der Waals surface area contributed by atoms with E-state index in [2.05, 4.69) is 18.8 Å². The standard InChI is InChI=1S/C13H22O2/c1-3-4-5-6-7-13(15)9-8-12(2)10-11-14/h10,13-15H,3-7,11H2,1-2H3/b12-10-. The highest BCUT2D eigenvalue weighted by Gasteiger charge is 1.97. The zero-order chi connectivity index (χ0) is 11.5. The van der Waals surface area contributed by atoms with E-state index < -0.39 is 6.10 Å². The summed E-state index contributed by atoms with van der Waals surface area (Å²) < 4.78 is 0. The molecule has 0 saturated carbocycles. The van der Waals surface area contributed by atoms with Crippen molar-refractivity contribution in [2.45, 2.75) is 52.1 Å². The van der Waals surface area contributed by atoms with Gasteiger partial charge in [0.15, 0.2) is 0 Å². The van der Waals surface area contributed by atoms with Gasteiger partial charge in [-0.1, -0.05) is 38.0 Å². The van der Waals surface area contributed by atoms with Crippen molar-refractivity contribution in [2.75, 3.05) is 6.61 Å². The van der Waals surface area contributed by atoms with Gasteiger partial charge in [0.2, 0.25) is 0 Å². The lowest BCUT2D eigenvalue weighted by molar-refractivity contribution is 0.217. The Labute approximate surface area is 93.0 Å². The first-order valence-corrected chi connectivity index (χ1v) is 5.68. The maximum Gasteiger partial charge on any atom is 0.115 e. The first kappa shape index (κ1) is 14.2. The minimum absolute atomic E-state index is 0.00705. The van der Waals surface area contributed by atoms with Gasteiger partial charge in [0.1, 0.15) is 6.10 Å². The van der Waals surface area contributed by atoms with E-state index in [1.54, 1.807) is 6.08 Å². The second-order valence-electron chi connectivity index (χ2n) is 3.70. The molecule has 0 rings (SSSR count). The lowest BCUT2D eigenvalue weighted by Gasteiger charge is -2.01. The van der Waals surface area contributed by atoms with Crippen LogP contribution in [-0.4, -0.2) is 22.9 Å². The highest BCUT2D eigenvalue weighted by Crippen LogP contribution is 2.05. The Morgan fingerprint density at radius 1 is 1.33 bits per heavy atom. The summed E-state index contributed by atoms with van der Waals surface area (Å²) in [7, 11) is 0. The predicted molar refractivity (Wildman–Crippen MR) is 63.4 cm³/mol. The summed E-state index contributed by atoms with van der Waals surface area (Å²) in [5.74, 6) is 5.60. The van der Waals surface area contributed by atoms with Crippen LogP contribution in [0, 0.1) is 11.8 Å². The molecule has 15 heavy (non-hydrogen) atoms.